The predicted octanol–water partition coefficient (Wildman–Crippen LogP) is 3.33. The number of carbonyl (C=O) groups is 1. The van der Waals surface area contributed by atoms with Crippen molar-refractivity contribution in [3.05, 3.63) is 59.7 Å². The van der Waals surface area contributed by atoms with E-state index in [-0.39, 0.29) is 35.8 Å². The van der Waals surface area contributed by atoms with Crippen molar-refractivity contribution in [3.8, 4) is 0 Å². The minimum atomic E-state index is -4.50. The number of likely N-dealkylation sites (tertiary alicyclic amines) is 1. The van der Waals surface area contributed by atoms with Crippen molar-refractivity contribution in [1.29, 1.82) is 0 Å². The molecule has 2 saturated heterocycles. The number of anilines is 1. The molecule has 2 fully saturated rings. The summed E-state index contributed by atoms with van der Waals surface area (Å²) in [6.45, 7) is 4.88. The lowest BCUT2D eigenvalue weighted by atomic mass is 10.1. The van der Waals surface area contributed by atoms with Crippen molar-refractivity contribution in [3.63, 3.8) is 0 Å². The number of aromatic nitrogens is 3. The first kappa shape index (κ1) is 27.2. The maximum atomic E-state index is 13.2. The zero-order chi connectivity index (χ0) is 27.4. The fraction of sp³-hybridized carbons (Fsp3) is 0.481. The molecule has 2 atom stereocenters. The Morgan fingerprint density at radius 1 is 1.13 bits per heavy atom. The van der Waals surface area contributed by atoms with E-state index in [9.17, 15) is 18.0 Å². The second kappa shape index (κ2) is 11.8. The number of pyridine rings is 1. The monoisotopic (exact) mass is 544 g/mol. The molecule has 2 aromatic heterocycles. The van der Waals surface area contributed by atoms with Gasteiger partial charge in [0, 0.05) is 49.6 Å². The van der Waals surface area contributed by atoms with Crippen LogP contribution in [-0.4, -0.2) is 76.8 Å². The summed E-state index contributed by atoms with van der Waals surface area (Å²) in [7, 11) is 0. The third-order valence-electron chi connectivity index (χ3n) is 7.16. The molecule has 208 valence electrons. The summed E-state index contributed by atoms with van der Waals surface area (Å²) < 4.78 is 51.4. The summed E-state index contributed by atoms with van der Waals surface area (Å²) in [5.74, 6) is -0.144. The maximum absolute atomic E-state index is 13.2. The highest BCUT2D eigenvalue weighted by Gasteiger charge is 2.38. The highest BCUT2D eigenvalue weighted by Crippen LogP contribution is 2.32. The molecular formula is C27H31F3N6O3. The highest BCUT2D eigenvalue weighted by molar-refractivity contribution is 5.91. The molecule has 9 nitrogen and oxygen atoms in total. The van der Waals surface area contributed by atoms with Crippen LogP contribution < -0.4 is 10.6 Å². The Kier molecular flexibility index (Phi) is 8.24. The normalized spacial score (nSPS) is 20.8. The van der Waals surface area contributed by atoms with Crippen LogP contribution in [0.5, 0.6) is 0 Å². The van der Waals surface area contributed by atoms with Crippen molar-refractivity contribution < 1.29 is 27.4 Å². The first-order valence-corrected chi connectivity index (χ1v) is 13.0. The van der Waals surface area contributed by atoms with Crippen LogP contribution in [0.4, 0.5) is 19.0 Å². The second-order valence-electron chi connectivity index (χ2n) is 9.93. The molecule has 0 spiro atoms. The average Bonchev–Trinajstić information content (AvgIpc) is 3.33. The average molecular weight is 545 g/mol. The Bertz CT molecular complexity index is 1280. The van der Waals surface area contributed by atoms with Crippen molar-refractivity contribution in [2.45, 2.75) is 50.7 Å². The first-order valence-electron chi connectivity index (χ1n) is 13.0. The van der Waals surface area contributed by atoms with Crippen LogP contribution >= 0.6 is 0 Å². The van der Waals surface area contributed by atoms with E-state index in [1.54, 1.807) is 6.20 Å². The number of rotatable bonds is 8. The molecule has 4 heterocycles. The molecule has 0 aliphatic carbocycles. The van der Waals surface area contributed by atoms with Gasteiger partial charge in [-0.2, -0.15) is 13.2 Å². The molecule has 3 aromatic rings. The zero-order valence-corrected chi connectivity index (χ0v) is 21.6. The highest BCUT2D eigenvalue weighted by atomic mass is 19.4. The smallest absolute Gasteiger partial charge is 0.381 e. The quantitative estimate of drug-likeness (QED) is 0.446. The van der Waals surface area contributed by atoms with Crippen molar-refractivity contribution in [1.82, 2.24) is 25.2 Å². The Morgan fingerprint density at radius 2 is 1.95 bits per heavy atom. The number of alkyl halides is 3. The number of halogens is 3. The van der Waals surface area contributed by atoms with Gasteiger partial charge in [-0.15, -0.1) is 0 Å². The number of ether oxygens (including phenoxy) is 2. The van der Waals surface area contributed by atoms with E-state index in [0.717, 1.165) is 36.2 Å². The Morgan fingerprint density at radius 3 is 2.69 bits per heavy atom. The van der Waals surface area contributed by atoms with Gasteiger partial charge in [0.15, 0.2) is 0 Å². The van der Waals surface area contributed by atoms with Gasteiger partial charge in [-0.3, -0.25) is 14.7 Å². The summed E-state index contributed by atoms with van der Waals surface area (Å²) >= 11 is 0. The number of hydrogen-bond acceptors (Lipinski definition) is 8. The lowest BCUT2D eigenvalue weighted by molar-refractivity contribution is -0.137. The SMILES string of the molecule is Cc1ccc(CO[C@H]2CN(C3CCOCC3)CC2NC(=O)CNc2ncnc3ccc(C(F)(F)F)cc23)cn1. The summed E-state index contributed by atoms with van der Waals surface area (Å²) in [6, 6.07) is 7.27. The van der Waals surface area contributed by atoms with Crippen molar-refractivity contribution >= 4 is 22.6 Å². The van der Waals surface area contributed by atoms with Gasteiger partial charge in [-0.1, -0.05) is 6.07 Å². The molecule has 0 bridgehead atoms. The Balaban J connectivity index is 1.24. The lowest BCUT2D eigenvalue weighted by Gasteiger charge is -2.30. The molecule has 2 aliphatic heterocycles. The molecule has 0 saturated carbocycles. The first-order chi connectivity index (χ1) is 18.8. The van der Waals surface area contributed by atoms with Crippen LogP contribution in [0, 0.1) is 6.92 Å². The number of fused-ring (bicyclic) bond motifs is 1. The minimum Gasteiger partial charge on any atom is -0.381 e. The second-order valence-corrected chi connectivity index (χ2v) is 9.93. The van der Waals surface area contributed by atoms with Crippen LogP contribution in [0.2, 0.25) is 0 Å². The minimum absolute atomic E-state index is 0.162. The Labute approximate surface area is 224 Å². The van der Waals surface area contributed by atoms with E-state index in [4.69, 9.17) is 9.47 Å². The van der Waals surface area contributed by atoms with Gasteiger partial charge in [-0.25, -0.2) is 9.97 Å². The lowest BCUT2D eigenvalue weighted by Crippen LogP contribution is -2.46. The van der Waals surface area contributed by atoms with Crippen LogP contribution in [0.1, 0.15) is 29.7 Å². The molecule has 1 unspecified atom stereocenters. The number of nitrogens with one attached hydrogen (secondary N) is 2. The number of aryl methyl sites for hydroxylation is 1. The summed E-state index contributed by atoms with van der Waals surface area (Å²) in [5.41, 5.74) is 1.42. The summed E-state index contributed by atoms with van der Waals surface area (Å²) in [4.78, 5) is 27.7. The maximum Gasteiger partial charge on any atom is 0.416 e. The third-order valence-corrected chi connectivity index (χ3v) is 7.16. The van der Waals surface area contributed by atoms with E-state index in [1.165, 1.54) is 12.4 Å². The summed E-state index contributed by atoms with van der Waals surface area (Å²) in [6.07, 6.45) is 0.166. The molecule has 12 heteroatoms. The van der Waals surface area contributed by atoms with Gasteiger partial charge in [-0.05, 0) is 49.6 Å². The predicted molar refractivity (Wildman–Crippen MR) is 138 cm³/mol. The molecular weight excluding hydrogens is 513 g/mol. The fourth-order valence-corrected chi connectivity index (χ4v) is 5.04. The fourth-order valence-electron chi connectivity index (χ4n) is 5.04. The largest absolute Gasteiger partial charge is 0.416 e. The van der Waals surface area contributed by atoms with Gasteiger partial charge >= 0.3 is 6.18 Å². The molecule has 0 radical (unpaired) electrons. The molecule has 1 amide bonds. The van der Waals surface area contributed by atoms with E-state index in [2.05, 4.69) is 30.5 Å². The van der Waals surface area contributed by atoms with Crippen molar-refractivity contribution in [2.75, 3.05) is 38.2 Å². The molecule has 5 rings (SSSR count). The van der Waals surface area contributed by atoms with E-state index >= 15 is 0 Å². The van der Waals surface area contributed by atoms with E-state index in [0.29, 0.717) is 44.5 Å². The molecule has 1 aromatic carbocycles. The van der Waals surface area contributed by atoms with Crippen molar-refractivity contribution in [2.24, 2.45) is 0 Å². The number of nitrogens with zero attached hydrogens (tertiary/aromatic N) is 4. The zero-order valence-electron chi connectivity index (χ0n) is 21.6. The number of benzene rings is 1. The van der Waals surface area contributed by atoms with Gasteiger partial charge in [0.25, 0.3) is 0 Å². The standard InChI is InChI=1S/C27H31F3N6O3/c1-17-2-3-18(11-31-17)15-39-24-14-36(20-6-8-38-9-7-20)13-23(24)35-25(37)12-32-26-21-10-19(27(28,29)30)4-5-22(21)33-16-34-26/h2-5,10-11,16,20,23-24H,6-9,12-15H2,1H3,(H,35,37)(H,32,33,34)/t23?,24-/m0/s1. The van der Waals surface area contributed by atoms with Crippen LogP contribution in [0.15, 0.2) is 42.9 Å². The van der Waals surface area contributed by atoms with Gasteiger partial charge < -0.3 is 20.1 Å². The number of amides is 1. The number of carbonyl (C=O) groups excluding carboxylic acids is 1. The van der Waals surface area contributed by atoms with Gasteiger partial charge in [0.05, 0.1) is 36.4 Å². The van der Waals surface area contributed by atoms with Crippen LogP contribution in [0.3, 0.4) is 0 Å². The number of hydrogen-bond donors (Lipinski definition) is 2. The van der Waals surface area contributed by atoms with Crippen LogP contribution in [0.25, 0.3) is 10.9 Å². The summed E-state index contributed by atoms with van der Waals surface area (Å²) in [5, 5.41) is 6.14. The van der Waals surface area contributed by atoms with Gasteiger partial charge in [0.2, 0.25) is 5.91 Å². The molecule has 2 aliphatic rings. The Hall–Kier alpha value is -3.35. The van der Waals surface area contributed by atoms with E-state index in [1.807, 2.05) is 19.1 Å². The topological polar surface area (TPSA) is 102 Å². The molecule has 2 N–H and O–H groups in total. The van der Waals surface area contributed by atoms with Gasteiger partial charge in [0.1, 0.15) is 12.1 Å². The molecule has 39 heavy (non-hydrogen) atoms. The van der Waals surface area contributed by atoms with E-state index < -0.39 is 11.7 Å². The van der Waals surface area contributed by atoms with Crippen LogP contribution in [-0.2, 0) is 27.1 Å². The third kappa shape index (κ3) is 6.81.